The van der Waals surface area contributed by atoms with Gasteiger partial charge in [-0.2, -0.15) is 0 Å². The molecule has 0 radical (unpaired) electrons. The average Bonchev–Trinajstić information content (AvgIpc) is 2.98. The molecule has 4 rings (SSSR count). The third kappa shape index (κ3) is 2.24. The zero-order chi connectivity index (χ0) is 16.7. The number of hydrogen-bond donors (Lipinski definition) is 3. The summed E-state index contributed by atoms with van der Waals surface area (Å²) in [5.41, 5.74) is 1.97. The number of phenols is 1. The van der Waals surface area contributed by atoms with Crippen LogP contribution in [0.15, 0.2) is 49.1 Å². The highest BCUT2D eigenvalue weighted by Gasteiger charge is 2.18. The number of amides is 1. The van der Waals surface area contributed by atoms with Gasteiger partial charge in [0.1, 0.15) is 5.69 Å². The third-order valence-electron chi connectivity index (χ3n) is 3.79. The number of pyridine rings is 2. The molecule has 0 unspecified atom stereocenters. The standard InChI is InChI=1S/C17H11ClN4O2/c18-12-6-11-10-3-5-20-8-13(10)21-14(11)15(16(12)23)22-17(24)9-2-1-4-19-7-9/h1-8,21,23H,(H,22,24). The van der Waals surface area contributed by atoms with Crippen LogP contribution >= 0.6 is 11.6 Å². The Bertz CT molecular complexity index is 1080. The number of hydrogen-bond acceptors (Lipinski definition) is 4. The first-order chi connectivity index (χ1) is 11.6. The Labute approximate surface area is 141 Å². The molecule has 0 saturated heterocycles. The molecule has 0 spiro atoms. The number of benzene rings is 1. The molecule has 0 aliphatic rings. The first kappa shape index (κ1) is 14.5. The van der Waals surface area contributed by atoms with E-state index in [1.807, 2.05) is 6.07 Å². The molecule has 6 nitrogen and oxygen atoms in total. The van der Waals surface area contributed by atoms with Crippen LogP contribution in [0.25, 0.3) is 21.8 Å². The van der Waals surface area contributed by atoms with Crippen molar-refractivity contribution in [3.8, 4) is 5.75 Å². The van der Waals surface area contributed by atoms with Crippen LogP contribution in [0.3, 0.4) is 0 Å². The van der Waals surface area contributed by atoms with Crippen LogP contribution in [0.2, 0.25) is 5.02 Å². The molecular weight excluding hydrogens is 328 g/mol. The second-order valence-corrected chi connectivity index (χ2v) is 5.65. The number of carbonyl (C=O) groups is 1. The van der Waals surface area contributed by atoms with Gasteiger partial charge >= 0.3 is 0 Å². The number of fused-ring (bicyclic) bond motifs is 3. The Balaban J connectivity index is 1.90. The van der Waals surface area contributed by atoms with Crippen LogP contribution < -0.4 is 5.32 Å². The number of aromatic nitrogens is 3. The van der Waals surface area contributed by atoms with E-state index < -0.39 is 5.91 Å². The fourth-order valence-electron chi connectivity index (χ4n) is 2.65. The van der Waals surface area contributed by atoms with E-state index in [9.17, 15) is 9.90 Å². The van der Waals surface area contributed by atoms with E-state index in [1.165, 1.54) is 6.20 Å². The lowest BCUT2D eigenvalue weighted by molar-refractivity contribution is 0.102. The van der Waals surface area contributed by atoms with Crippen LogP contribution in [-0.4, -0.2) is 26.0 Å². The fraction of sp³-hybridized carbons (Fsp3) is 0. The first-order valence-electron chi connectivity index (χ1n) is 7.13. The predicted octanol–water partition coefficient (Wildman–Crippen LogP) is 3.72. The van der Waals surface area contributed by atoms with E-state index in [4.69, 9.17) is 11.6 Å². The number of aromatic hydroxyl groups is 1. The number of aromatic amines is 1. The van der Waals surface area contributed by atoms with Gasteiger partial charge in [-0.15, -0.1) is 0 Å². The Hall–Kier alpha value is -3.12. The SMILES string of the molecule is O=C(Nc1c(O)c(Cl)cc2c1[nH]c1cnccc12)c1cccnc1. The number of rotatable bonds is 2. The Morgan fingerprint density at radius 2 is 2.00 bits per heavy atom. The smallest absolute Gasteiger partial charge is 0.257 e. The summed E-state index contributed by atoms with van der Waals surface area (Å²) in [6, 6.07) is 6.80. The minimum Gasteiger partial charge on any atom is -0.504 e. The minimum absolute atomic E-state index is 0.154. The largest absolute Gasteiger partial charge is 0.504 e. The Morgan fingerprint density at radius 1 is 1.17 bits per heavy atom. The maximum atomic E-state index is 12.4. The maximum Gasteiger partial charge on any atom is 0.257 e. The van der Waals surface area contributed by atoms with E-state index in [-0.39, 0.29) is 16.5 Å². The number of halogens is 1. The lowest BCUT2D eigenvalue weighted by atomic mass is 10.1. The summed E-state index contributed by atoms with van der Waals surface area (Å²) < 4.78 is 0. The normalized spacial score (nSPS) is 11.0. The lowest BCUT2D eigenvalue weighted by Gasteiger charge is -2.10. The van der Waals surface area contributed by atoms with E-state index in [1.54, 1.807) is 36.8 Å². The summed E-state index contributed by atoms with van der Waals surface area (Å²) in [6.45, 7) is 0. The van der Waals surface area contributed by atoms with Crippen molar-refractivity contribution in [1.82, 2.24) is 15.0 Å². The molecule has 1 amide bonds. The molecule has 0 atom stereocenters. The van der Waals surface area contributed by atoms with Crippen LogP contribution in [0.5, 0.6) is 5.75 Å². The summed E-state index contributed by atoms with van der Waals surface area (Å²) >= 11 is 6.14. The highest BCUT2D eigenvalue weighted by molar-refractivity contribution is 6.35. The molecular formula is C17H11ClN4O2. The zero-order valence-electron chi connectivity index (χ0n) is 12.2. The summed E-state index contributed by atoms with van der Waals surface area (Å²) in [4.78, 5) is 23.6. The van der Waals surface area contributed by atoms with Gasteiger partial charge in [-0.1, -0.05) is 11.6 Å². The highest BCUT2D eigenvalue weighted by atomic mass is 35.5. The van der Waals surface area contributed by atoms with Gasteiger partial charge in [0.15, 0.2) is 5.75 Å². The van der Waals surface area contributed by atoms with Gasteiger partial charge in [0.05, 0.1) is 27.8 Å². The maximum absolute atomic E-state index is 12.4. The van der Waals surface area contributed by atoms with Gasteiger partial charge in [0, 0.05) is 29.4 Å². The molecule has 24 heavy (non-hydrogen) atoms. The first-order valence-corrected chi connectivity index (χ1v) is 7.51. The van der Waals surface area contributed by atoms with Crippen molar-refractivity contribution in [3.63, 3.8) is 0 Å². The lowest BCUT2D eigenvalue weighted by Crippen LogP contribution is -2.12. The molecule has 118 valence electrons. The Morgan fingerprint density at radius 3 is 2.79 bits per heavy atom. The van der Waals surface area contributed by atoms with Gasteiger partial charge in [0.2, 0.25) is 0 Å². The summed E-state index contributed by atoms with van der Waals surface area (Å²) in [7, 11) is 0. The van der Waals surface area contributed by atoms with E-state index in [0.29, 0.717) is 11.1 Å². The quantitative estimate of drug-likeness (QED) is 0.486. The molecule has 3 aromatic heterocycles. The predicted molar refractivity (Wildman–Crippen MR) is 92.5 cm³/mol. The molecule has 4 aromatic rings. The fourth-order valence-corrected chi connectivity index (χ4v) is 2.85. The van der Waals surface area contributed by atoms with Gasteiger partial charge in [-0.3, -0.25) is 14.8 Å². The molecule has 3 heterocycles. The topological polar surface area (TPSA) is 90.9 Å². The molecule has 0 saturated carbocycles. The van der Waals surface area contributed by atoms with Crippen LogP contribution in [0.4, 0.5) is 5.69 Å². The monoisotopic (exact) mass is 338 g/mol. The molecule has 0 fully saturated rings. The van der Waals surface area contributed by atoms with Gasteiger partial charge in [-0.05, 0) is 24.3 Å². The Kier molecular flexibility index (Phi) is 3.32. The second kappa shape index (κ2) is 5.50. The van der Waals surface area contributed by atoms with Crippen molar-refractivity contribution in [2.24, 2.45) is 0 Å². The van der Waals surface area contributed by atoms with Crippen molar-refractivity contribution in [3.05, 3.63) is 59.6 Å². The zero-order valence-corrected chi connectivity index (χ0v) is 13.0. The highest BCUT2D eigenvalue weighted by Crippen LogP contribution is 2.41. The summed E-state index contributed by atoms with van der Waals surface area (Å²) in [6.07, 6.45) is 6.37. The average molecular weight is 339 g/mol. The number of phenolic OH excluding ortho intramolecular Hbond substituents is 1. The van der Waals surface area contributed by atoms with Crippen molar-refractivity contribution in [1.29, 1.82) is 0 Å². The van der Waals surface area contributed by atoms with Gasteiger partial charge < -0.3 is 15.4 Å². The molecule has 1 aromatic carbocycles. The molecule has 3 N–H and O–H groups in total. The van der Waals surface area contributed by atoms with E-state index >= 15 is 0 Å². The van der Waals surface area contributed by atoms with Crippen molar-refractivity contribution in [2.75, 3.05) is 5.32 Å². The minimum atomic E-state index is -0.390. The second-order valence-electron chi connectivity index (χ2n) is 5.25. The molecule has 0 bridgehead atoms. The van der Waals surface area contributed by atoms with Crippen molar-refractivity contribution >= 4 is 45.0 Å². The van der Waals surface area contributed by atoms with Gasteiger partial charge in [-0.25, -0.2) is 0 Å². The van der Waals surface area contributed by atoms with Crippen molar-refractivity contribution in [2.45, 2.75) is 0 Å². The third-order valence-corrected chi connectivity index (χ3v) is 4.07. The van der Waals surface area contributed by atoms with Gasteiger partial charge in [0.25, 0.3) is 5.91 Å². The molecule has 0 aliphatic heterocycles. The van der Waals surface area contributed by atoms with Crippen molar-refractivity contribution < 1.29 is 9.90 Å². The number of H-pyrrole nitrogens is 1. The van der Waals surface area contributed by atoms with E-state index in [0.717, 1.165) is 16.3 Å². The summed E-state index contributed by atoms with van der Waals surface area (Å²) in [5.74, 6) is -0.584. The molecule has 7 heteroatoms. The number of anilines is 1. The molecule has 0 aliphatic carbocycles. The van der Waals surface area contributed by atoms with Crippen LogP contribution in [0.1, 0.15) is 10.4 Å². The van der Waals surface area contributed by atoms with Crippen LogP contribution in [-0.2, 0) is 0 Å². The van der Waals surface area contributed by atoms with E-state index in [2.05, 4.69) is 20.3 Å². The number of carbonyl (C=O) groups excluding carboxylic acids is 1. The summed E-state index contributed by atoms with van der Waals surface area (Å²) in [5, 5.41) is 14.9. The number of nitrogens with one attached hydrogen (secondary N) is 2. The number of nitrogens with zero attached hydrogens (tertiary/aromatic N) is 2. The van der Waals surface area contributed by atoms with Crippen LogP contribution in [0, 0.1) is 0 Å².